The van der Waals surface area contributed by atoms with Gasteiger partial charge in [0.15, 0.2) is 12.6 Å². The van der Waals surface area contributed by atoms with Crippen LogP contribution in [-0.2, 0) is 18.9 Å². The standard InChI is InChI=1S/C15H28O13/c16-1-5(18)3-25-14-13(24)11(22)9(20)7(28-14)4-26-15-12(23)10(21)8(19)6(2-17)27-15/h5-24H,1-4H2/t5?,6-,7-,8+,9+,10+,11+,12-,13-,14-,15+/m1/s1. The van der Waals surface area contributed by atoms with Gasteiger partial charge in [0.2, 0.25) is 0 Å². The predicted molar refractivity (Wildman–Crippen MR) is 85.4 cm³/mol. The smallest absolute Gasteiger partial charge is 0.186 e. The van der Waals surface area contributed by atoms with Gasteiger partial charge in [-0.25, -0.2) is 0 Å². The Hall–Kier alpha value is -0.520. The van der Waals surface area contributed by atoms with E-state index in [1.165, 1.54) is 0 Å². The third kappa shape index (κ3) is 5.34. The summed E-state index contributed by atoms with van der Waals surface area (Å²) < 4.78 is 20.8. The van der Waals surface area contributed by atoms with Crippen molar-refractivity contribution in [2.75, 3.05) is 26.4 Å². The maximum atomic E-state index is 10.0. The summed E-state index contributed by atoms with van der Waals surface area (Å²) in [6.45, 7) is -2.16. The van der Waals surface area contributed by atoms with Crippen molar-refractivity contribution in [2.45, 2.75) is 67.5 Å². The van der Waals surface area contributed by atoms with E-state index in [0.717, 1.165) is 0 Å². The van der Waals surface area contributed by atoms with Gasteiger partial charge in [-0.1, -0.05) is 0 Å². The van der Waals surface area contributed by atoms with Gasteiger partial charge in [-0.3, -0.25) is 0 Å². The Labute approximate surface area is 159 Å². The van der Waals surface area contributed by atoms with Gasteiger partial charge in [-0.05, 0) is 0 Å². The fraction of sp³-hybridized carbons (Fsp3) is 1.00. The minimum Gasteiger partial charge on any atom is -0.394 e. The van der Waals surface area contributed by atoms with E-state index in [0.29, 0.717) is 0 Å². The van der Waals surface area contributed by atoms with Gasteiger partial charge in [-0.2, -0.15) is 0 Å². The van der Waals surface area contributed by atoms with Gasteiger partial charge in [-0.15, -0.1) is 0 Å². The van der Waals surface area contributed by atoms with Gasteiger partial charge in [0.1, 0.15) is 54.9 Å². The Morgan fingerprint density at radius 1 is 0.679 bits per heavy atom. The lowest BCUT2D eigenvalue weighted by atomic mass is 9.98. The fourth-order valence-corrected chi connectivity index (χ4v) is 2.85. The van der Waals surface area contributed by atoms with Crippen LogP contribution in [0.3, 0.4) is 0 Å². The van der Waals surface area contributed by atoms with Crippen LogP contribution in [0, 0.1) is 0 Å². The van der Waals surface area contributed by atoms with Crippen LogP contribution in [0.4, 0.5) is 0 Å². The second-order valence-electron chi connectivity index (χ2n) is 6.72. The van der Waals surface area contributed by atoms with Gasteiger partial charge in [0.05, 0.1) is 26.4 Å². The summed E-state index contributed by atoms with van der Waals surface area (Å²) in [7, 11) is 0. The molecular weight excluding hydrogens is 388 g/mol. The molecule has 166 valence electrons. The minimum absolute atomic E-state index is 0.415. The molecule has 0 radical (unpaired) electrons. The summed E-state index contributed by atoms with van der Waals surface area (Å²) >= 11 is 0. The highest BCUT2D eigenvalue weighted by Crippen LogP contribution is 2.25. The summed E-state index contributed by atoms with van der Waals surface area (Å²) in [5.41, 5.74) is 0. The van der Waals surface area contributed by atoms with Crippen molar-refractivity contribution >= 4 is 0 Å². The van der Waals surface area contributed by atoms with Crippen LogP contribution >= 0.6 is 0 Å². The van der Waals surface area contributed by atoms with Gasteiger partial charge in [0.25, 0.3) is 0 Å². The quantitative estimate of drug-likeness (QED) is 0.180. The molecule has 2 saturated heterocycles. The Balaban J connectivity index is 1.95. The molecule has 2 aliphatic rings. The minimum atomic E-state index is -1.69. The van der Waals surface area contributed by atoms with Gasteiger partial charge < -0.3 is 64.9 Å². The molecule has 9 N–H and O–H groups in total. The molecule has 1 unspecified atom stereocenters. The summed E-state index contributed by atoms with van der Waals surface area (Å²) in [6, 6.07) is 0. The second-order valence-corrected chi connectivity index (χ2v) is 6.72. The van der Waals surface area contributed by atoms with Crippen molar-refractivity contribution in [3.8, 4) is 0 Å². The molecule has 0 saturated carbocycles. The second kappa shape index (κ2) is 10.5. The number of aliphatic hydroxyl groups excluding tert-OH is 9. The van der Waals surface area contributed by atoms with Crippen molar-refractivity contribution in [3.05, 3.63) is 0 Å². The van der Waals surface area contributed by atoms with E-state index in [2.05, 4.69) is 0 Å². The number of aliphatic hydroxyl groups is 9. The van der Waals surface area contributed by atoms with E-state index >= 15 is 0 Å². The molecule has 2 rings (SSSR count). The Bertz CT molecular complexity index is 465. The first-order chi connectivity index (χ1) is 13.2. The van der Waals surface area contributed by atoms with Gasteiger partial charge >= 0.3 is 0 Å². The van der Waals surface area contributed by atoms with Crippen molar-refractivity contribution in [1.29, 1.82) is 0 Å². The SMILES string of the molecule is OCC(O)CO[C@@H]1O[C@H](CO[C@H]2O[C@H](CO)[C@H](O)[C@H](O)[C@H]2O)[C@H](O)[C@H](O)[C@H]1O. The number of hydrogen-bond acceptors (Lipinski definition) is 13. The zero-order valence-corrected chi connectivity index (χ0v) is 14.8. The largest absolute Gasteiger partial charge is 0.394 e. The lowest BCUT2D eigenvalue weighted by Crippen LogP contribution is -2.61. The summed E-state index contributed by atoms with van der Waals surface area (Å²) in [5, 5.41) is 86.5. The van der Waals surface area contributed by atoms with Crippen LogP contribution in [-0.4, -0.2) is 140 Å². The van der Waals surface area contributed by atoms with Crippen LogP contribution in [0.25, 0.3) is 0 Å². The average Bonchev–Trinajstić information content (AvgIpc) is 2.70. The Kier molecular flexibility index (Phi) is 8.90. The van der Waals surface area contributed by atoms with Crippen LogP contribution in [0.1, 0.15) is 0 Å². The summed E-state index contributed by atoms with van der Waals surface area (Å²) in [6.07, 6.45) is -16.5. The van der Waals surface area contributed by atoms with E-state index in [1.807, 2.05) is 0 Å². The molecule has 11 atom stereocenters. The van der Waals surface area contributed by atoms with Crippen molar-refractivity contribution in [2.24, 2.45) is 0 Å². The summed E-state index contributed by atoms with van der Waals surface area (Å²) in [5.74, 6) is 0. The monoisotopic (exact) mass is 416 g/mol. The predicted octanol–water partition coefficient (Wildman–Crippen LogP) is -6.02. The first-order valence-corrected chi connectivity index (χ1v) is 8.73. The molecule has 0 bridgehead atoms. The van der Waals surface area contributed by atoms with Crippen LogP contribution in [0.2, 0.25) is 0 Å². The number of rotatable bonds is 8. The van der Waals surface area contributed by atoms with Gasteiger partial charge in [0, 0.05) is 0 Å². The molecular formula is C15H28O13. The van der Waals surface area contributed by atoms with Crippen LogP contribution in [0.5, 0.6) is 0 Å². The molecule has 0 aromatic carbocycles. The zero-order valence-electron chi connectivity index (χ0n) is 14.8. The first-order valence-electron chi connectivity index (χ1n) is 8.73. The van der Waals surface area contributed by atoms with E-state index in [1.54, 1.807) is 0 Å². The molecule has 0 aromatic rings. The molecule has 2 heterocycles. The third-order valence-corrected chi connectivity index (χ3v) is 4.61. The zero-order chi connectivity index (χ0) is 21.0. The molecule has 0 spiro atoms. The normalized spacial score (nSPS) is 45.8. The molecule has 0 aliphatic carbocycles. The first kappa shape index (κ1) is 23.8. The fourth-order valence-electron chi connectivity index (χ4n) is 2.85. The maximum Gasteiger partial charge on any atom is 0.186 e. The molecule has 28 heavy (non-hydrogen) atoms. The number of ether oxygens (including phenoxy) is 4. The highest BCUT2D eigenvalue weighted by Gasteiger charge is 2.47. The third-order valence-electron chi connectivity index (χ3n) is 4.61. The van der Waals surface area contributed by atoms with Crippen molar-refractivity contribution in [3.63, 3.8) is 0 Å². The van der Waals surface area contributed by atoms with Crippen molar-refractivity contribution < 1.29 is 64.9 Å². The topological polar surface area (TPSA) is 219 Å². The van der Waals surface area contributed by atoms with E-state index in [4.69, 9.17) is 29.2 Å². The molecule has 13 heteroatoms. The van der Waals surface area contributed by atoms with E-state index in [9.17, 15) is 35.7 Å². The van der Waals surface area contributed by atoms with Crippen LogP contribution < -0.4 is 0 Å². The van der Waals surface area contributed by atoms with Crippen molar-refractivity contribution in [1.82, 2.24) is 0 Å². The molecule has 2 fully saturated rings. The maximum absolute atomic E-state index is 10.0. The number of hydrogen-bond donors (Lipinski definition) is 9. The van der Waals surface area contributed by atoms with Crippen LogP contribution in [0.15, 0.2) is 0 Å². The summed E-state index contributed by atoms with van der Waals surface area (Å²) in [4.78, 5) is 0. The van der Waals surface area contributed by atoms with E-state index in [-0.39, 0.29) is 0 Å². The average molecular weight is 416 g/mol. The van der Waals surface area contributed by atoms with E-state index < -0.39 is 93.9 Å². The lowest BCUT2D eigenvalue weighted by Gasteiger charge is -2.42. The Morgan fingerprint density at radius 2 is 1.18 bits per heavy atom. The molecule has 2 aliphatic heterocycles. The highest BCUT2D eigenvalue weighted by atomic mass is 16.7. The molecule has 13 nitrogen and oxygen atoms in total. The highest BCUT2D eigenvalue weighted by molar-refractivity contribution is 4.91. The lowest BCUT2D eigenvalue weighted by molar-refractivity contribution is -0.332. The Morgan fingerprint density at radius 3 is 1.71 bits per heavy atom. The molecule has 0 amide bonds. The molecule has 0 aromatic heterocycles.